The summed E-state index contributed by atoms with van der Waals surface area (Å²) in [5.74, 6) is 0. The number of aromatic nitrogens is 1. The number of benzene rings is 2. The van der Waals surface area contributed by atoms with Crippen molar-refractivity contribution in [3.05, 3.63) is 77.5 Å². The molecular weight excluding hydrogens is 244 g/mol. The molecule has 20 heavy (non-hydrogen) atoms. The fraction of sp³-hybridized carbons (Fsp3) is 0. The molecule has 0 amide bonds. The lowest BCUT2D eigenvalue weighted by atomic mass is 10.1. The highest BCUT2D eigenvalue weighted by molar-refractivity contribution is 5.83. The van der Waals surface area contributed by atoms with Gasteiger partial charge in [-0.15, -0.1) is 0 Å². The van der Waals surface area contributed by atoms with Crippen molar-refractivity contribution in [2.24, 2.45) is 0 Å². The molecule has 0 aliphatic carbocycles. The van der Waals surface area contributed by atoms with Crippen molar-refractivity contribution in [3.8, 4) is 6.07 Å². The zero-order chi connectivity index (χ0) is 13.8. The van der Waals surface area contributed by atoms with Crippen LogP contribution in [0.3, 0.4) is 0 Å². The van der Waals surface area contributed by atoms with Crippen LogP contribution in [-0.2, 0) is 0 Å². The number of para-hydroxylation sites is 1. The fourth-order valence-corrected chi connectivity index (χ4v) is 2.09. The number of nitrogens with zero attached hydrogens (tertiary/aromatic N) is 2. The summed E-state index contributed by atoms with van der Waals surface area (Å²) in [5.41, 5.74) is 3.29. The zero-order valence-corrected chi connectivity index (χ0v) is 10.8. The van der Waals surface area contributed by atoms with Gasteiger partial charge < -0.3 is 0 Å². The summed E-state index contributed by atoms with van der Waals surface area (Å²) in [6.45, 7) is 0. The van der Waals surface area contributed by atoms with E-state index in [1.54, 1.807) is 0 Å². The summed E-state index contributed by atoms with van der Waals surface area (Å²) in [6, 6.07) is 21.9. The van der Waals surface area contributed by atoms with E-state index < -0.39 is 0 Å². The highest BCUT2D eigenvalue weighted by Crippen LogP contribution is 2.18. The van der Waals surface area contributed by atoms with Crippen LogP contribution in [0, 0.1) is 11.3 Å². The molecule has 0 saturated carbocycles. The van der Waals surface area contributed by atoms with Crippen molar-refractivity contribution in [1.29, 1.82) is 5.26 Å². The van der Waals surface area contributed by atoms with Gasteiger partial charge in [0.05, 0.1) is 16.8 Å². The summed E-state index contributed by atoms with van der Waals surface area (Å²) in [7, 11) is 0. The summed E-state index contributed by atoms with van der Waals surface area (Å²) >= 11 is 0. The van der Waals surface area contributed by atoms with Crippen LogP contribution < -0.4 is 0 Å². The van der Waals surface area contributed by atoms with E-state index >= 15 is 0 Å². The lowest BCUT2D eigenvalue weighted by Crippen LogP contribution is -1.89. The maximum Gasteiger partial charge on any atom is 0.101 e. The second kappa shape index (κ2) is 5.38. The molecule has 0 fully saturated rings. The van der Waals surface area contributed by atoms with Crippen LogP contribution in [-0.4, -0.2) is 4.98 Å². The Hall–Kier alpha value is -2.92. The number of hydrogen-bond donors (Lipinski definition) is 0. The molecule has 2 heteroatoms. The fourth-order valence-electron chi connectivity index (χ4n) is 2.09. The number of fused-ring (bicyclic) bond motifs is 1. The van der Waals surface area contributed by atoms with E-state index in [0.29, 0.717) is 11.3 Å². The van der Waals surface area contributed by atoms with Gasteiger partial charge in [0.25, 0.3) is 0 Å². The molecule has 1 aromatic heterocycles. The molecule has 0 spiro atoms. The van der Waals surface area contributed by atoms with E-state index in [9.17, 15) is 5.26 Å². The SMILES string of the molecule is N#Cc1cc2ccccc2nc1C=Cc1ccccc1. The molecule has 0 atom stereocenters. The van der Waals surface area contributed by atoms with Crippen molar-refractivity contribution in [3.63, 3.8) is 0 Å². The number of nitriles is 1. The van der Waals surface area contributed by atoms with Crippen LogP contribution in [0.15, 0.2) is 60.7 Å². The average molecular weight is 256 g/mol. The second-order valence-corrected chi connectivity index (χ2v) is 4.47. The Labute approximate surface area is 117 Å². The van der Waals surface area contributed by atoms with Crippen molar-refractivity contribution in [2.75, 3.05) is 0 Å². The molecule has 0 saturated heterocycles. The standard InChI is InChI=1S/C18H12N2/c19-13-16-12-15-8-4-5-9-17(15)20-18(16)11-10-14-6-2-1-3-7-14/h1-12H. The first-order valence-electron chi connectivity index (χ1n) is 6.40. The van der Waals surface area contributed by atoms with Gasteiger partial charge in [0.15, 0.2) is 0 Å². The van der Waals surface area contributed by atoms with E-state index in [2.05, 4.69) is 11.1 Å². The molecule has 0 N–H and O–H groups in total. The Morgan fingerprint density at radius 1 is 0.900 bits per heavy atom. The first kappa shape index (κ1) is 12.1. The van der Waals surface area contributed by atoms with Gasteiger partial charge in [-0.05, 0) is 23.8 Å². The first-order valence-corrected chi connectivity index (χ1v) is 6.40. The Morgan fingerprint density at radius 3 is 2.45 bits per heavy atom. The Bertz CT molecular complexity index is 812. The maximum atomic E-state index is 9.25. The monoisotopic (exact) mass is 256 g/mol. The summed E-state index contributed by atoms with van der Waals surface area (Å²) in [4.78, 5) is 4.55. The van der Waals surface area contributed by atoms with E-state index in [-0.39, 0.29) is 0 Å². The Kier molecular flexibility index (Phi) is 3.26. The highest BCUT2D eigenvalue weighted by Gasteiger charge is 2.03. The second-order valence-electron chi connectivity index (χ2n) is 4.47. The van der Waals surface area contributed by atoms with Gasteiger partial charge in [0.1, 0.15) is 6.07 Å². The molecule has 0 aliphatic rings. The van der Waals surface area contributed by atoms with Gasteiger partial charge >= 0.3 is 0 Å². The van der Waals surface area contributed by atoms with Gasteiger partial charge in [0, 0.05) is 5.39 Å². The van der Waals surface area contributed by atoms with E-state index in [1.165, 1.54) is 0 Å². The van der Waals surface area contributed by atoms with E-state index in [4.69, 9.17) is 0 Å². The zero-order valence-electron chi connectivity index (χ0n) is 10.8. The molecule has 3 rings (SSSR count). The minimum absolute atomic E-state index is 0.593. The summed E-state index contributed by atoms with van der Waals surface area (Å²) < 4.78 is 0. The molecule has 94 valence electrons. The van der Waals surface area contributed by atoms with Gasteiger partial charge in [-0.1, -0.05) is 54.6 Å². The minimum atomic E-state index is 0.593. The predicted octanol–water partition coefficient (Wildman–Crippen LogP) is 4.28. The largest absolute Gasteiger partial charge is 0.247 e. The van der Waals surface area contributed by atoms with Gasteiger partial charge in [-0.3, -0.25) is 0 Å². The molecule has 3 aromatic rings. The molecule has 2 aromatic carbocycles. The van der Waals surface area contributed by atoms with Crippen LogP contribution in [0.5, 0.6) is 0 Å². The van der Waals surface area contributed by atoms with Gasteiger partial charge in [-0.2, -0.15) is 5.26 Å². The summed E-state index contributed by atoms with van der Waals surface area (Å²) in [5, 5.41) is 10.2. The third-order valence-electron chi connectivity index (χ3n) is 3.11. The van der Waals surface area contributed by atoms with Gasteiger partial charge in [0.2, 0.25) is 0 Å². The summed E-state index contributed by atoms with van der Waals surface area (Å²) in [6.07, 6.45) is 3.86. The van der Waals surface area contributed by atoms with Crippen LogP contribution in [0.4, 0.5) is 0 Å². The van der Waals surface area contributed by atoms with Crippen molar-refractivity contribution < 1.29 is 0 Å². The Balaban J connectivity index is 2.07. The van der Waals surface area contributed by atoms with Crippen LogP contribution in [0.2, 0.25) is 0 Å². The quantitative estimate of drug-likeness (QED) is 0.686. The molecule has 1 heterocycles. The number of hydrogen-bond acceptors (Lipinski definition) is 2. The molecule has 0 bridgehead atoms. The molecular formula is C18H12N2. The molecule has 0 radical (unpaired) electrons. The lowest BCUT2D eigenvalue weighted by molar-refractivity contribution is 1.34. The van der Waals surface area contributed by atoms with Crippen molar-refractivity contribution in [2.45, 2.75) is 0 Å². The third-order valence-corrected chi connectivity index (χ3v) is 3.11. The van der Waals surface area contributed by atoms with E-state index in [0.717, 1.165) is 16.5 Å². The van der Waals surface area contributed by atoms with Crippen molar-refractivity contribution >= 4 is 23.1 Å². The molecule has 0 unspecified atom stereocenters. The Morgan fingerprint density at radius 2 is 1.65 bits per heavy atom. The van der Waals surface area contributed by atoms with E-state index in [1.807, 2.05) is 72.8 Å². The highest BCUT2D eigenvalue weighted by atomic mass is 14.7. The van der Waals surface area contributed by atoms with Crippen molar-refractivity contribution in [1.82, 2.24) is 4.98 Å². The normalized spacial score (nSPS) is 10.8. The first-order chi connectivity index (χ1) is 9.86. The number of pyridine rings is 1. The topological polar surface area (TPSA) is 36.7 Å². The lowest BCUT2D eigenvalue weighted by Gasteiger charge is -2.01. The molecule has 0 aliphatic heterocycles. The van der Waals surface area contributed by atoms with Crippen LogP contribution >= 0.6 is 0 Å². The smallest absolute Gasteiger partial charge is 0.101 e. The van der Waals surface area contributed by atoms with Crippen LogP contribution in [0.25, 0.3) is 23.1 Å². The van der Waals surface area contributed by atoms with Crippen LogP contribution in [0.1, 0.15) is 16.8 Å². The minimum Gasteiger partial charge on any atom is -0.247 e. The maximum absolute atomic E-state index is 9.25. The average Bonchev–Trinajstić information content (AvgIpc) is 2.53. The number of rotatable bonds is 2. The van der Waals surface area contributed by atoms with Gasteiger partial charge in [-0.25, -0.2) is 4.98 Å². The third kappa shape index (κ3) is 2.43. The predicted molar refractivity (Wildman–Crippen MR) is 81.8 cm³/mol. The molecule has 2 nitrogen and oxygen atoms in total.